The Labute approximate surface area is 89.8 Å². The van der Waals surface area contributed by atoms with E-state index in [4.69, 9.17) is 9.84 Å². The number of amides is 1. The van der Waals surface area contributed by atoms with Crippen LogP contribution in [-0.2, 0) is 14.3 Å². The normalized spacial score (nSPS) is 14.7. The predicted molar refractivity (Wildman–Crippen MR) is 55.5 cm³/mol. The van der Waals surface area contributed by atoms with Crippen molar-refractivity contribution in [2.24, 2.45) is 5.92 Å². The van der Waals surface area contributed by atoms with Crippen LogP contribution in [0.5, 0.6) is 0 Å². The Hall–Kier alpha value is -1.10. The number of aliphatic carboxylic acids is 1. The van der Waals surface area contributed by atoms with Crippen LogP contribution in [0.15, 0.2) is 0 Å². The van der Waals surface area contributed by atoms with Crippen LogP contribution in [0.4, 0.5) is 0 Å². The molecule has 0 aromatic rings. The quantitative estimate of drug-likeness (QED) is 0.684. The lowest BCUT2D eigenvalue weighted by Crippen LogP contribution is -2.45. The zero-order valence-electron chi connectivity index (χ0n) is 9.61. The maximum atomic E-state index is 11.4. The molecule has 5 nitrogen and oxygen atoms in total. The van der Waals surface area contributed by atoms with Crippen molar-refractivity contribution in [3.63, 3.8) is 0 Å². The summed E-state index contributed by atoms with van der Waals surface area (Å²) in [5.41, 5.74) is 0. The van der Waals surface area contributed by atoms with Gasteiger partial charge in [0.1, 0.15) is 12.1 Å². The molecular weight excluding hydrogens is 198 g/mol. The fourth-order valence-corrected chi connectivity index (χ4v) is 1.09. The monoisotopic (exact) mass is 217 g/mol. The third-order valence-corrected chi connectivity index (χ3v) is 2.04. The average Bonchev–Trinajstić information content (AvgIpc) is 2.14. The van der Waals surface area contributed by atoms with Crippen molar-refractivity contribution < 1.29 is 19.4 Å². The van der Waals surface area contributed by atoms with E-state index in [0.717, 1.165) is 0 Å². The molecule has 0 saturated heterocycles. The third kappa shape index (κ3) is 5.37. The van der Waals surface area contributed by atoms with Gasteiger partial charge in [0, 0.05) is 7.11 Å². The first-order chi connectivity index (χ1) is 6.88. The van der Waals surface area contributed by atoms with Crippen LogP contribution in [0, 0.1) is 5.92 Å². The molecule has 0 bridgehead atoms. The number of rotatable bonds is 6. The minimum atomic E-state index is -1.01. The van der Waals surface area contributed by atoms with Crippen LogP contribution in [0.1, 0.15) is 27.2 Å². The van der Waals surface area contributed by atoms with Crippen molar-refractivity contribution in [1.82, 2.24) is 5.32 Å². The molecule has 2 unspecified atom stereocenters. The Morgan fingerprint density at radius 1 is 1.33 bits per heavy atom. The first-order valence-corrected chi connectivity index (χ1v) is 4.94. The number of ether oxygens (including phenoxy) is 1. The van der Waals surface area contributed by atoms with Crippen LogP contribution in [0.2, 0.25) is 0 Å². The van der Waals surface area contributed by atoms with Gasteiger partial charge in [-0.1, -0.05) is 13.8 Å². The molecule has 0 fully saturated rings. The second-order valence-corrected chi connectivity index (χ2v) is 3.91. The fraction of sp³-hybridized carbons (Fsp3) is 0.800. The van der Waals surface area contributed by atoms with Crippen molar-refractivity contribution in [2.45, 2.75) is 39.3 Å². The molecule has 1 amide bonds. The van der Waals surface area contributed by atoms with Crippen LogP contribution in [-0.4, -0.2) is 36.2 Å². The van der Waals surface area contributed by atoms with Gasteiger partial charge >= 0.3 is 5.97 Å². The lowest BCUT2D eigenvalue weighted by Gasteiger charge is -2.18. The van der Waals surface area contributed by atoms with Crippen LogP contribution < -0.4 is 5.32 Å². The van der Waals surface area contributed by atoms with Crippen molar-refractivity contribution in [3.05, 3.63) is 0 Å². The van der Waals surface area contributed by atoms with E-state index in [1.165, 1.54) is 7.11 Å². The summed E-state index contributed by atoms with van der Waals surface area (Å²) >= 11 is 0. The smallest absolute Gasteiger partial charge is 0.326 e. The van der Waals surface area contributed by atoms with Gasteiger partial charge in [0.2, 0.25) is 5.91 Å². The predicted octanol–water partition coefficient (Wildman–Crippen LogP) is 0.637. The molecule has 2 N–H and O–H groups in total. The Morgan fingerprint density at radius 2 is 1.87 bits per heavy atom. The van der Waals surface area contributed by atoms with Crippen molar-refractivity contribution in [1.29, 1.82) is 0 Å². The number of carboxylic acids is 1. The molecule has 0 aromatic carbocycles. The molecule has 15 heavy (non-hydrogen) atoms. The molecule has 2 atom stereocenters. The molecule has 0 rings (SSSR count). The average molecular weight is 217 g/mol. The molecular formula is C10H19NO4. The first-order valence-electron chi connectivity index (χ1n) is 4.94. The van der Waals surface area contributed by atoms with Crippen LogP contribution in [0.25, 0.3) is 0 Å². The molecule has 0 spiro atoms. The lowest BCUT2D eigenvalue weighted by atomic mass is 10.0. The Kier molecular flexibility index (Phi) is 5.93. The Bertz CT molecular complexity index is 227. The summed E-state index contributed by atoms with van der Waals surface area (Å²) in [6.07, 6.45) is -0.212. The summed E-state index contributed by atoms with van der Waals surface area (Å²) < 4.78 is 4.79. The maximum Gasteiger partial charge on any atom is 0.326 e. The number of carbonyl (C=O) groups excluding carboxylic acids is 1. The van der Waals surface area contributed by atoms with Crippen molar-refractivity contribution in [3.8, 4) is 0 Å². The van der Waals surface area contributed by atoms with Gasteiger partial charge in [-0.15, -0.1) is 0 Å². The zero-order valence-corrected chi connectivity index (χ0v) is 9.61. The molecule has 0 aromatic heterocycles. The van der Waals surface area contributed by atoms with E-state index < -0.39 is 24.0 Å². The number of nitrogens with one attached hydrogen (secondary N) is 1. The third-order valence-electron chi connectivity index (χ3n) is 2.04. The van der Waals surface area contributed by atoms with Gasteiger partial charge in [-0.2, -0.15) is 0 Å². The van der Waals surface area contributed by atoms with E-state index in [-0.39, 0.29) is 5.92 Å². The molecule has 0 aliphatic heterocycles. The van der Waals surface area contributed by atoms with Gasteiger partial charge in [0.15, 0.2) is 0 Å². The van der Waals surface area contributed by atoms with E-state index in [9.17, 15) is 9.59 Å². The second kappa shape index (κ2) is 6.40. The lowest BCUT2D eigenvalue weighted by molar-refractivity contribution is -0.144. The summed E-state index contributed by atoms with van der Waals surface area (Å²) in [6.45, 7) is 5.38. The maximum absolute atomic E-state index is 11.4. The van der Waals surface area contributed by atoms with Gasteiger partial charge in [-0.05, 0) is 19.3 Å². The highest BCUT2D eigenvalue weighted by atomic mass is 16.5. The van der Waals surface area contributed by atoms with Gasteiger partial charge in [-0.25, -0.2) is 4.79 Å². The van der Waals surface area contributed by atoms with Gasteiger partial charge in [-0.3, -0.25) is 4.79 Å². The molecule has 5 heteroatoms. The standard InChI is InChI=1S/C10H19NO4/c1-6(2)5-8(10(13)14)11-9(12)7(3)15-4/h6-8H,5H2,1-4H3,(H,11,12)(H,13,14). The number of carbonyl (C=O) groups is 2. The molecule has 0 saturated carbocycles. The minimum Gasteiger partial charge on any atom is -0.480 e. The van der Waals surface area contributed by atoms with Gasteiger partial charge in [0.05, 0.1) is 0 Å². The number of methoxy groups -OCH3 is 1. The highest BCUT2D eigenvalue weighted by molar-refractivity contribution is 5.86. The highest BCUT2D eigenvalue weighted by Crippen LogP contribution is 2.05. The molecule has 0 aliphatic carbocycles. The van der Waals surface area contributed by atoms with E-state index in [2.05, 4.69) is 5.32 Å². The van der Waals surface area contributed by atoms with Gasteiger partial charge < -0.3 is 15.2 Å². The first kappa shape index (κ1) is 13.9. The topological polar surface area (TPSA) is 75.6 Å². The second-order valence-electron chi connectivity index (χ2n) is 3.91. The summed E-state index contributed by atoms with van der Waals surface area (Å²) in [4.78, 5) is 22.2. The fourth-order valence-electron chi connectivity index (χ4n) is 1.09. The van der Waals surface area contributed by atoms with Crippen molar-refractivity contribution in [2.75, 3.05) is 7.11 Å². The summed E-state index contributed by atoms with van der Waals surface area (Å²) in [6, 6.07) is -0.838. The van der Waals surface area contributed by atoms with Crippen LogP contribution >= 0.6 is 0 Å². The van der Waals surface area contributed by atoms with Crippen molar-refractivity contribution >= 4 is 11.9 Å². The summed E-state index contributed by atoms with van der Waals surface area (Å²) in [5.74, 6) is -1.20. The van der Waals surface area contributed by atoms with E-state index in [0.29, 0.717) is 6.42 Å². The Morgan fingerprint density at radius 3 is 2.20 bits per heavy atom. The zero-order chi connectivity index (χ0) is 12.0. The highest BCUT2D eigenvalue weighted by Gasteiger charge is 2.23. The molecule has 0 heterocycles. The number of carboxylic acid groups (broad SMARTS) is 1. The summed E-state index contributed by atoms with van der Waals surface area (Å²) in [5, 5.41) is 11.3. The number of hydrogen-bond donors (Lipinski definition) is 2. The summed E-state index contributed by atoms with van der Waals surface area (Å²) in [7, 11) is 1.41. The largest absolute Gasteiger partial charge is 0.480 e. The SMILES string of the molecule is COC(C)C(=O)NC(CC(C)C)C(=O)O. The Balaban J connectivity index is 4.29. The van der Waals surface area contributed by atoms with E-state index in [1.54, 1.807) is 6.92 Å². The van der Waals surface area contributed by atoms with E-state index in [1.807, 2.05) is 13.8 Å². The molecule has 88 valence electrons. The molecule has 0 aliphatic rings. The van der Waals surface area contributed by atoms with E-state index >= 15 is 0 Å². The molecule has 0 radical (unpaired) electrons. The number of hydrogen-bond acceptors (Lipinski definition) is 3. The minimum absolute atomic E-state index is 0.212. The van der Waals surface area contributed by atoms with Crippen LogP contribution in [0.3, 0.4) is 0 Å². The van der Waals surface area contributed by atoms with Gasteiger partial charge in [0.25, 0.3) is 0 Å².